The number of allylic oxidation sites excluding steroid dienone is 1. The molecule has 0 N–H and O–H groups in total. The topological polar surface area (TPSA) is 52.8 Å². The van der Waals surface area contributed by atoms with Gasteiger partial charge < -0.3 is 4.90 Å². The Kier molecular flexibility index (Phi) is 3.93. The molecule has 4 nitrogen and oxygen atoms in total. The fourth-order valence-corrected chi connectivity index (χ4v) is 3.13. The van der Waals surface area contributed by atoms with Crippen molar-refractivity contribution in [1.82, 2.24) is 9.97 Å². The molecule has 0 aliphatic carbocycles. The Morgan fingerprint density at radius 2 is 2.10 bits per heavy atom. The van der Waals surface area contributed by atoms with Gasteiger partial charge in [0.15, 0.2) is 5.13 Å². The largest absolute Gasteiger partial charge is 0.347 e. The predicted octanol–water partition coefficient (Wildman–Crippen LogP) is 3.25. The zero-order valence-corrected chi connectivity index (χ0v) is 12.1. The number of piperidine rings is 1. The number of nitrogens with zero attached hydrogens (tertiary/aromatic N) is 4. The van der Waals surface area contributed by atoms with Crippen molar-refractivity contribution in [2.45, 2.75) is 12.8 Å². The van der Waals surface area contributed by atoms with E-state index in [0.29, 0.717) is 11.3 Å². The maximum absolute atomic E-state index is 12.9. The van der Waals surface area contributed by atoms with E-state index in [0.717, 1.165) is 42.8 Å². The van der Waals surface area contributed by atoms with Gasteiger partial charge in [-0.2, -0.15) is 5.26 Å². The van der Waals surface area contributed by atoms with Crippen molar-refractivity contribution in [3.8, 4) is 6.07 Å². The normalized spacial score (nSPS) is 14.9. The fourth-order valence-electron chi connectivity index (χ4n) is 2.43. The molecule has 2 aromatic rings. The monoisotopic (exact) mass is 300 g/mol. The molecule has 106 valence electrons. The van der Waals surface area contributed by atoms with Gasteiger partial charge in [0.25, 0.3) is 0 Å². The standard InChI is InChI=1S/C15H13FN4S/c16-12-1-2-14(19-10-12)13(9-17)11-3-6-20(7-4-11)15-18-5-8-21-15/h1-2,5,8,10H,3-4,6-7H2. The highest BCUT2D eigenvalue weighted by atomic mass is 32.1. The molecule has 0 aromatic carbocycles. The first-order chi connectivity index (χ1) is 10.3. The van der Waals surface area contributed by atoms with Crippen LogP contribution >= 0.6 is 11.3 Å². The second kappa shape index (κ2) is 6.02. The van der Waals surface area contributed by atoms with E-state index in [4.69, 9.17) is 0 Å². The van der Waals surface area contributed by atoms with Gasteiger partial charge in [0.1, 0.15) is 11.9 Å². The number of rotatable bonds is 2. The van der Waals surface area contributed by atoms with Gasteiger partial charge in [-0.15, -0.1) is 11.3 Å². The summed E-state index contributed by atoms with van der Waals surface area (Å²) in [5.41, 5.74) is 2.22. The lowest BCUT2D eigenvalue weighted by Gasteiger charge is -2.28. The molecule has 6 heteroatoms. The second-order valence-electron chi connectivity index (χ2n) is 4.75. The van der Waals surface area contributed by atoms with Gasteiger partial charge in [0.2, 0.25) is 0 Å². The lowest BCUT2D eigenvalue weighted by atomic mass is 9.96. The molecule has 0 spiro atoms. The molecular formula is C15H13FN4S. The van der Waals surface area contributed by atoms with E-state index >= 15 is 0 Å². The molecule has 0 unspecified atom stereocenters. The summed E-state index contributed by atoms with van der Waals surface area (Å²) < 4.78 is 12.9. The van der Waals surface area contributed by atoms with Crippen LogP contribution in [0.25, 0.3) is 5.57 Å². The third-order valence-corrected chi connectivity index (χ3v) is 4.34. The summed E-state index contributed by atoms with van der Waals surface area (Å²) >= 11 is 1.62. The molecule has 0 amide bonds. The Hall–Kier alpha value is -2.26. The van der Waals surface area contributed by atoms with Gasteiger partial charge in [-0.05, 0) is 30.5 Å². The van der Waals surface area contributed by atoms with E-state index in [1.54, 1.807) is 23.6 Å². The molecular weight excluding hydrogens is 287 g/mol. The third-order valence-electron chi connectivity index (χ3n) is 3.51. The first-order valence-electron chi connectivity index (χ1n) is 6.66. The van der Waals surface area contributed by atoms with Gasteiger partial charge in [-0.25, -0.2) is 9.37 Å². The molecule has 0 radical (unpaired) electrons. The molecule has 21 heavy (non-hydrogen) atoms. The molecule has 3 rings (SSSR count). The molecule has 1 saturated heterocycles. The van der Waals surface area contributed by atoms with Crippen LogP contribution in [0, 0.1) is 17.1 Å². The minimum Gasteiger partial charge on any atom is -0.347 e. The minimum atomic E-state index is -0.389. The molecule has 3 heterocycles. The highest BCUT2D eigenvalue weighted by Crippen LogP contribution is 2.28. The van der Waals surface area contributed by atoms with Crippen molar-refractivity contribution in [1.29, 1.82) is 5.26 Å². The second-order valence-corrected chi connectivity index (χ2v) is 5.63. The number of nitriles is 1. The Morgan fingerprint density at radius 3 is 2.67 bits per heavy atom. The minimum absolute atomic E-state index is 0.389. The summed E-state index contributed by atoms with van der Waals surface area (Å²) in [6.45, 7) is 1.68. The molecule has 2 aromatic heterocycles. The Balaban J connectivity index is 1.79. The van der Waals surface area contributed by atoms with Gasteiger partial charge in [0.05, 0.1) is 17.5 Å². The summed E-state index contributed by atoms with van der Waals surface area (Å²) in [5.74, 6) is -0.389. The maximum atomic E-state index is 12.9. The van der Waals surface area contributed by atoms with Crippen molar-refractivity contribution >= 4 is 22.0 Å². The van der Waals surface area contributed by atoms with Crippen LogP contribution in [0.15, 0.2) is 35.5 Å². The van der Waals surface area contributed by atoms with E-state index in [2.05, 4.69) is 20.9 Å². The van der Waals surface area contributed by atoms with Crippen molar-refractivity contribution in [2.24, 2.45) is 0 Å². The van der Waals surface area contributed by atoms with Gasteiger partial charge >= 0.3 is 0 Å². The number of aromatic nitrogens is 2. The Bertz CT molecular complexity index is 675. The number of hydrogen-bond donors (Lipinski definition) is 0. The van der Waals surface area contributed by atoms with Crippen LogP contribution in [0.3, 0.4) is 0 Å². The van der Waals surface area contributed by atoms with E-state index in [1.807, 2.05) is 5.38 Å². The maximum Gasteiger partial charge on any atom is 0.185 e. The van der Waals surface area contributed by atoms with Crippen molar-refractivity contribution in [3.63, 3.8) is 0 Å². The predicted molar refractivity (Wildman–Crippen MR) is 80.3 cm³/mol. The lowest BCUT2D eigenvalue weighted by Crippen LogP contribution is -2.30. The number of halogens is 1. The van der Waals surface area contributed by atoms with Crippen LogP contribution in [-0.2, 0) is 0 Å². The van der Waals surface area contributed by atoms with E-state index in [1.165, 1.54) is 6.07 Å². The Labute approximate surface area is 126 Å². The average molecular weight is 300 g/mol. The SMILES string of the molecule is N#CC(=C1CCN(c2nccs2)CC1)c1ccc(F)cn1. The molecule has 0 bridgehead atoms. The number of anilines is 1. The molecule has 1 aliphatic heterocycles. The first kappa shape index (κ1) is 13.7. The summed E-state index contributed by atoms with van der Waals surface area (Å²) in [6, 6.07) is 5.12. The third kappa shape index (κ3) is 2.93. The van der Waals surface area contributed by atoms with Crippen LogP contribution in [0.4, 0.5) is 9.52 Å². The summed E-state index contributed by atoms with van der Waals surface area (Å²) in [6.07, 6.45) is 4.56. The fraction of sp³-hybridized carbons (Fsp3) is 0.267. The number of thiazole rings is 1. The molecule has 1 aliphatic rings. The summed E-state index contributed by atoms with van der Waals surface area (Å²) in [5, 5.41) is 12.4. The number of hydrogen-bond acceptors (Lipinski definition) is 5. The quantitative estimate of drug-likeness (QED) is 0.799. The van der Waals surface area contributed by atoms with E-state index in [9.17, 15) is 9.65 Å². The average Bonchev–Trinajstić information content (AvgIpc) is 3.05. The highest BCUT2D eigenvalue weighted by molar-refractivity contribution is 7.13. The van der Waals surface area contributed by atoms with E-state index in [-0.39, 0.29) is 5.82 Å². The zero-order chi connectivity index (χ0) is 14.7. The van der Waals surface area contributed by atoms with Crippen molar-refractivity contribution in [2.75, 3.05) is 18.0 Å². The van der Waals surface area contributed by atoms with Gasteiger partial charge in [-0.3, -0.25) is 4.98 Å². The van der Waals surface area contributed by atoms with E-state index < -0.39 is 0 Å². The van der Waals surface area contributed by atoms with Crippen molar-refractivity contribution in [3.05, 3.63) is 47.0 Å². The first-order valence-corrected chi connectivity index (χ1v) is 7.54. The van der Waals surface area contributed by atoms with Crippen LogP contribution in [-0.4, -0.2) is 23.1 Å². The summed E-state index contributed by atoms with van der Waals surface area (Å²) in [4.78, 5) is 10.5. The van der Waals surface area contributed by atoms with Crippen LogP contribution in [0.2, 0.25) is 0 Å². The summed E-state index contributed by atoms with van der Waals surface area (Å²) in [7, 11) is 0. The van der Waals surface area contributed by atoms with Gasteiger partial charge in [-0.1, -0.05) is 0 Å². The zero-order valence-electron chi connectivity index (χ0n) is 11.3. The molecule has 1 fully saturated rings. The molecule has 0 atom stereocenters. The van der Waals surface area contributed by atoms with Crippen LogP contribution in [0.5, 0.6) is 0 Å². The van der Waals surface area contributed by atoms with Crippen LogP contribution < -0.4 is 4.90 Å². The van der Waals surface area contributed by atoms with Gasteiger partial charge in [0, 0.05) is 24.7 Å². The highest BCUT2D eigenvalue weighted by Gasteiger charge is 2.19. The van der Waals surface area contributed by atoms with Crippen LogP contribution in [0.1, 0.15) is 18.5 Å². The lowest BCUT2D eigenvalue weighted by molar-refractivity contribution is 0.621. The smallest absolute Gasteiger partial charge is 0.185 e. The Morgan fingerprint density at radius 1 is 1.29 bits per heavy atom. The number of pyridine rings is 1. The van der Waals surface area contributed by atoms with Crippen molar-refractivity contribution < 1.29 is 4.39 Å². The molecule has 0 saturated carbocycles.